The molecule has 0 saturated heterocycles. The molecule has 5 nitrogen and oxygen atoms in total. The van der Waals surface area contributed by atoms with E-state index in [1.807, 2.05) is 0 Å². The molecule has 100 valence electrons. The van der Waals surface area contributed by atoms with Crippen LogP contribution in [-0.2, 0) is 9.59 Å². The predicted octanol–water partition coefficient (Wildman–Crippen LogP) is 1.44. The maximum atomic E-state index is 11.4. The molecule has 0 spiro atoms. The van der Waals surface area contributed by atoms with Crippen molar-refractivity contribution in [2.45, 2.75) is 18.9 Å². The van der Waals surface area contributed by atoms with Gasteiger partial charge in [0, 0.05) is 12.1 Å². The normalized spacial score (nSPS) is 14.3. The van der Waals surface area contributed by atoms with Gasteiger partial charge in [-0.1, -0.05) is 12.1 Å². The minimum absolute atomic E-state index is 0.0252. The molecule has 0 radical (unpaired) electrons. The Balaban J connectivity index is 1.87. The summed E-state index contributed by atoms with van der Waals surface area (Å²) >= 11 is 0. The van der Waals surface area contributed by atoms with Crippen LogP contribution in [0.15, 0.2) is 30.3 Å². The number of amides is 1. The zero-order valence-corrected chi connectivity index (χ0v) is 10.3. The van der Waals surface area contributed by atoms with E-state index in [9.17, 15) is 9.59 Å². The highest BCUT2D eigenvalue weighted by molar-refractivity contribution is 5.85. The number of carboxylic acids is 1. The van der Waals surface area contributed by atoms with Gasteiger partial charge >= 0.3 is 5.97 Å². The fourth-order valence-electron chi connectivity index (χ4n) is 1.52. The molecule has 1 saturated carbocycles. The fourth-order valence-corrected chi connectivity index (χ4v) is 1.52. The predicted molar refractivity (Wildman–Crippen MR) is 69.8 cm³/mol. The van der Waals surface area contributed by atoms with Crippen molar-refractivity contribution >= 4 is 18.0 Å². The molecule has 0 atom stereocenters. The van der Waals surface area contributed by atoms with Gasteiger partial charge in [0.25, 0.3) is 5.91 Å². The lowest BCUT2D eigenvalue weighted by Crippen LogP contribution is -2.30. The minimum atomic E-state index is -1.00. The third-order valence-electron chi connectivity index (χ3n) is 2.59. The smallest absolute Gasteiger partial charge is 0.328 e. The van der Waals surface area contributed by atoms with Crippen LogP contribution in [0.1, 0.15) is 18.4 Å². The topological polar surface area (TPSA) is 75.6 Å². The highest BCUT2D eigenvalue weighted by Crippen LogP contribution is 2.18. The number of ether oxygens (including phenoxy) is 1. The SMILES string of the molecule is O=C(O)/C=C/c1cccc(OCC(=O)NC2CC2)c1. The van der Waals surface area contributed by atoms with Crippen molar-refractivity contribution in [3.05, 3.63) is 35.9 Å². The monoisotopic (exact) mass is 261 g/mol. The van der Waals surface area contributed by atoms with E-state index in [1.165, 1.54) is 6.08 Å². The number of carbonyl (C=O) groups is 2. The molecule has 0 heterocycles. The average molecular weight is 261 g/mol. The first-order valence-corrected chi connectivity index (χ1v) is 6.07. The Kier molecular flexibility index (Phi) is 4.18. The van der Waals surface area contributed by atoms with Crippen molar-refractivity contribution in [2.75, 3.05) is 6.61 Å². The van der Waals surface area contributed by atoms with Gasteiger partial charge < -0.3 is 15.2 Å². The van der Waals surface area contributed by atoms with Crippen LogP contribution in [-0.4, -0.2) is 29.6 Å². The molecule has 5 heteroatoms. The van der Waals surface area contributed by atoms with Crippen LogP contribution in [0.5, 0.6) is 5.75 Å². The Labute approximate surface area is 110 Å². The van der Waals surface area contributed by atoms with Crippen LogP contribution < -0.4 is 10.1 Å². The quantitative estimate of drug-likeness (QED) is 0.760. The molecule has 0 unspecified atom stereocenters. The summed E-state index contributed by atoms with van der Waals surface area (Å²) in [6, 6.07) is 7.24. The molecule has 1 fully saturated rings. The van der Waals surface area contributed by atoms with Crippen LogP contribution in [0.3, 0.4) is 0 Å². The molecule has 1 aromatic rings. The second-order valence-electron chi connectivity index (χ2n) is 4.37. The van der Waals surface area contributed by atoms with Gasteiger partial charge in [0.15, 0.2) is 6.61 Å². The molecule has 2 N–H and O–H groups in total. The molecule has 0 bridgehead atoms. The molecule has 1 aromatic carbocycles. The van der Waals surface area contributed by atoms with Gasteiger partial charge in [-0.05, 0) is 36.6 Å². The van der Waals surface area contributed by atoms with Gasteiger partial charge in [-0.2, -0.15) is 0 Å². The molecular formula is C14H15NO4. The molecule has 0 aliphatic heterocycles. The Morgan fingerprint density at radius 1 is 1.42 bits per heavy atom. The lowest BCUT2D eigenvalue weighted by Gasteiger charge is -2.07. The van der Waals surface area contributed by atoms with Crippen LogP contribution in [0, 0.1) is 0 Å². The first-order chi connectivity index (χ1) is 9.13. The highest BCUT2D eigenvalue weighted by atomic mass is 16.5. The van der Waals surface area contributed by atoms with Gasteiger partial charge in [-0.3, -0.25) is 4.79 Å². The summed E-state index contributed by atoms with van der Waals surface area (Å²) in [6.45, 7) is -0.0252. The van der Waals surface area contributed by atoms with Crippen LogP contribution in [0.25, 0.3) is 6.08 Å². The number of carbonyl (C=O) groups excluding carboxylic acids is 1. The largest absolute Gasteiger partial charge is 0.484 e. The van der Waals surface area contributed by atoms with Crippen molar-refractivity contribution in [3.63, 3.8) is 0 Å². The van der Waals surface area contributed by atoms with Gasteiger partial charge in [-0.25, -0.2) is 4.79 Å². The van der Waals surface area contributed by atoms with Gasteiger partial charge in [0.05, 0.1) is 0 Å². The van der Waals surface area contributed by atoms with E-state index in [4.69, 9.17) is 9.84 Å². The van der Waals surface area contributed by atoms with Crippen LogP contribution in [0.2, 0.25) is 0 Å². The molecule has 0 aromatic heterocycles. The van der Waals surface area contributed by atoms with E-state index in [-0.39, 0.29) is 12.5 Å². The summed E-state index contributed by atoms with van der Waals surface area (Å²) in [5, 5.41) is 11.4. The third kappa shape index (κ3) is 4.83. The first kappa shape index (κ1) is 13.1. The van der Waals surface area contributed by atoms with E-state index in [0.29, 0.717) is 17.4 Å². The Bertz CT molecular complexity index is 506. The van der Waals surface area contributed by atoms with Gasteiger partial charge in [0.1, 0.15) is 5.75 Å². The molecule has 1 amide bonds. The van der Waals surface area contributed by atoms with Crippen molar-refractivity contribution in [1.82, 2.24) is 5.32 Å². The van der Waals surface area contributed by atoms with E-state index in [2.05, 4.69) is 5.32 Å². The van der Waals surface area contributed by atoms with Crippen LogP contribution >= 0.6 is 0 Å². The average Bonchev–Trinajstić information content (AvgIpc) is 3.18. The minimum Gasteiger partial charge on any atom is -0.484 e. The molecule has 2 rings (SSSR count). The zero-order valence-electron chi connectivity index (χ0n) is 10.3. The third-order valence-corrected chi connectivity index (χ3v) is 2.59. The lowest BCUT2D eigenvalue weighted by molar-refractivity contribution is -0.131. The van der Waals surface area contributed by atoms with Crippen LogP contribution in [0.4, 0.5) is 0 Å². The zero-order chi connectivity index (χ0) is 13.7. The summed E-state index contributed by atoms with van der Waals surface area (Å²) in [7, 11) is 0. The van der Waals surface area contributed by atoms with E-state index >= 15 is 0 Å². The van der Waals surface area contributed by atoms with Crippen molar-refractivity contribution in [2.24, 2.45) is 0 Å². The number of nitrogens with one attached hydrogen (secondary N) is 1. The maximum Gasteiger partial charge on any atom is 0.328 e. The fraction of sp³-hybridized carbons (Fsp3) is 0.286. The number of hydrogen-bond acceptors (Lipinski definition) is 3. The second-order valence-corrected chi connectivity index (χ2v) is 4.37. The van der Waals surface area contributed by atoms with Gasteiger partial charge in [0.2, 0.25) is 0 Å². The lowest BCUT2D eigenvalue weighted by atomic mass is 10.2. The number of benzene rings is 1. The Morgan fingerprint density at radius 3 is 2.89 bits per heavy atom. The molecular weight excluding hydrogens is 246 g/mol. The number of aliphatic carboxylic acids is 1. The number of hydrogen-bond donors (Lipinski definition) is 2. The summed E-state index contributed by atoms with van der Waals surface area (Å²) in [5.41, 5.74) is 0.711. The van der Waals surface area contributed by atoms with E-state index < -0.39 is 5.97 Å². The number of rotatable bonds is 6. The molecule has 1 aliphatic rings. The van der Waals surface area contributed by atoms with Crippen molar-refractivity contribution < 1.29 is 19.4 Å². The van der Waals surface area contributed by atoms with Gasteiger partial charge in [-0.15, -0.1) is 0 Å². The second kappa shape index (κ2) is 6.04. The molecule has 19 heavy (non-hydrogen) atoms. The Hall–Kier alpha value is -2.30. The molecule has 1 aliphatic carbocycles. The summed E-state index contributed by atoms with van der Waals surface area (Å²) in [6.07, 6.45) is 4.61. The number of carboxylic acid groups (broad SMARTS) is 1. The summed E-state index contributed by atoms with van der Waals surface area (Å²) in [4.78, 5) is 21.8. The standard InChI is InChI=1S/C14H15NO4/c16-13(15-11-5-6-11)9-19-12-3-1-2-10(8-12)4-7-14(17)18/h1-4,7-8,11H,5-6,9H2,(H,15,16)(H,17,18)/b7-4+. The maximum absolute atomic E-state index is 11.4. The van der Waals surface area contributed by atoms with E-state index in [1.54, 1.807) is 24.3 Å². The van der Waals surface area contributed by atoms with Crippen molar-refractivity contribution in [3.8, 4) is 5.75 Å². The van der Waals surface area contributed by atoms with E-state index in [0.717, 1.165) is 18.9 Å². The summed E-state index contributed by atoms with van der Waals surface area (Å²) in [5.74, 6) is -0.595. The van der Waals surface area contributed by atoms with Crippen molar-refractivity contribution in [1.29, 1.82) is 0 Å². The summed E-state index contributed by atoms with van der Waals surface area (Å²) < 4.78 is 5.35. The Morgan fingerprint density at radius 2 is 2.21 bits per heavy atom. The first-order valence-electron chi connectivity index (χ1n) is 6.07. The highest BCUT2D eigenvalue weighted by Gasteiger charge is 2.23.